The lowest BCUT2D eigenvalue weighted by atomic mass is 10.1. The molecule has 0 saturated heterocycles. The zero-order chi connectivity index (χ0) is 17.5. The van der Waals surface area contributed by atoms with Gasteiger partial charge in [0, 0.05) is 5.02 Å². The Morgan fingerprint density at radius 3 is 2.46 bits per heavy atom. The van der Waals surface area contributed by atoms with E-state index in [9.17, 15) is 13.6 Å². The lowest BCUT2D eigenvalue weighted by Gasteiger charge is -2.10. The Morgan fingerprint density at radius 2 is 1.79 bits per heavy atom. The third-order valence-corrected chi connectivity index (χ3v) is 3.40. The maximum absolute atomic E-state index is 13.9. The maximum Gasteiger partial charge on any atom is 0.254 e. The molecule has 0 spiro atoms. The van der Waals surface area contributed by atoms with Crippen LogP contribution in [0.3, 0.4) is 0 Å². The molecule has 0 saturated carbocycles. The van der Waals surface area contributed by atoms with Crippen LogP contribution in [0.15, 0.2) is 36.4 Å². The summed E-state index contributed by atoms with van der Waals surface area (Å²) in [6.45, 7) is 0.641. The van der Waals surface area contributed by atoms with Crippen molar-refractivity contribution in [2.45, 2.75) is 12.8 Å². The van der Waals surface area contributed by atoms with Gasteiger partial charge in [0.2, 0.25) is 0 Å². The standard InChI is InChI=1S/C17H16ClF2NO3/c18-11-4-3-5-12(10-11)23-8-1-2-9-24-14-7-6-13(19)15(16(14)20)17(21)22/h3-7,10H,1-2,8-9H2,(H2,21,22). The minimum absolute atomic E-state index is 0.194. The molecule has 0 atom stereocenters. The number of ether oxygens (including phenoxy) is 2. The van der Waals surface area contributed by atoms with E-state index in [0.29, 0.717) is 30.2 Å². The first-order valence-electron chi connectivity index (χ1n) is 7.28. The lowest BCUT2D eigenvalue weighted by Crippen LogP contribution is -2.16. The predicted molar refractivity (Wildman–Crippen MR) is 86.6 cm³/mol. The van der Waals surface area contributed by atoms with Crippen molar-refractivity contribution in [1.82, 2.24) is 0 Å². The van der Waals surface area contributed by atoms with E-state index < -0.39 is 23.1 Å². The number of nitrogens with two attached hydrogens (primary N) is 1. The van der Waals surface area contributed by atoms with Crippen molar-refractivity contribution in [3.8, 4) is 11.5 Å². The van der Waals surface area contributed by atoms with Crippen molar-refractivity contribution in [3.63, 3.8) is 0 Å². The smallest absolute Gasteiger partial charge is 0.254 e. The quantitative estimate of drug-likeness (QED) is 0.729. The Morgan fingerprint density at radius 1 is 1.08 bits per heavy atom. The van der Waals surface area contributed by atoms with Crippen molar-refractivity contribution < 1.29 is 23.0 Å². The second kappa shape index (κ2) is 8.49. The number of benzene rings is 2. The largest absolute Gasteiger partial charge is 0.494 e. The van der Waals surface area contributed by atoms with Gasteiger partial charge >= 0.3 is 0 Å². The summed E-state index contributed by atoms with van der Waals surface area (Å²) in [5.74, 6) is -2.81. The highest BCUT2D eigenvalue weighted by molar-refractivity contribution is 6.30. The molecule has 128 valence electrons. The first kappa shape index (κ1) is 18.0. The van der Waals surface area contributed by atoms with Gasteiger partial charge in [0.1, 0.15) is 17.1 Å². The monoisotopic (exact) mass is 355 g/mol. The van der Waals surface area contributed by atoms with E-state index in [1.54, 1.807) is 24.3 Å². The fourth-order valence-electron chi connectivity index (χ4n) is 2.00. The van der Waals surface area contributed by atoms with Crippen molar-refractivity contribution >= 4 is 17.5 Å². The number of hydrogen-bond donors (Lipinski definition) is 1. The van der Waals surface area contributed by atoms with Crippen LogP contribution >= 0.6 is 11.6 Å². The normalized spacial score (nSPS) is 10.5. The molecule has 2 rings (SSSR count). The zero-order valence-corrected chi connectivity index (χ0v) is 13.5. The minimum Gasteiger partial charge on any atom is -0.494 e. The third-order valence-electron chi connectivity index (χ3n) is 3.16. The summed E-state index contributed by atoms with van der Waals surface area (Å²) in [4.78, 5) is 11.0. The summed E-state index contributed by atoms with van der Waals surface area (Å²) in [5, 5.41) is 0.591. The highest BCUT2D eigenvalue weighted by Gasteiger charge is 2.19. The SMILES string of the molecule is NC(=O)c1c(F)ccc(OCCCCOc2cccc(Cl)c2)c1F. The van der Waals surface area contributed by atoms with Crippen LogP contribution in [0, 0.1) is 11.6 Å². The number of primary amides is 1. The van der Waals surface area contributed by atoms with Gasteiger partial charge in [-0.3, -0.25) is 4.79 Å². The topological polar surface area (TPSA) is 61.6 Å². The minimum atomic E-state index is -1.18. The lowest BCUT2D eigenvalue weighted by molar-refractivity contribution is 0.0991. The summed E-state index contributed by atoms with van der Waals surface area (Å²) in [7, 11) is 0. The molecule has 1 amide bonds. The summed E-state index contributed by atoms with van der Waals surface area (Å²) in [5.41, 5.74) is 4.15. The van der Waals surface area contributed by atoms with Crippen LogP contribution in [0.1, 0.15) is 23.2 Å². The Bertz CT molecular complexity index is 725. The Balaban J connectivity index is 1.77. The first-order chi connectivity index (χ1) is 11.5. The average molecular weight is 356 g/mol. The van der Waals surface area contributed by atoms with Crippen molar-refractivity contribution in [3.05, 3.63) is 58.6 Å². The van der Waals surface area contributed by atoms with E-state index in [2.05, 4.69) is 0 Å². The molecule has 0 bridgehead atoms. The van der Waals surface area contributed by atoms with Gasteiger partial charge in [-0.15, -0.1) is 0 Å². The van der Waals surface area contributed by atoms with Crippen LogP contribution in [0.25, 0.3) is 0 Å². The molecule has 0 fully saturated rings. The van der Waals surface area contributed by atoms with Gasteiger partial charge < -0.3 is 15.2 Å². The fourth-order valence-corrected chi connectivity index (χ4v) is 2.18. The zero-order valence-electron chi connectivity index (χ0n) is 12.7. The Hall–Kier alpha value is -2.34. The molecule has 0 radical (unpaired) electrons. The Kier molecular flexibility index (Phi) is 6.37. The van der Waals surface area contributed by atoms with E-state index in [-0.39, 0.29) is 12.4 Å². The summed E-state index contributed by atoms with van der Waals surface area (Å²) >= 11 is 5.84. The summed E-state index contributed by atoms with van der Waals surface area (Å²) in [6, 6.07) is 9.10. The number of carbonyl (C=O) groups is 1. The van der Waals surface area contributed by atoms with E-state index in [4.69, 9.17) is 26.8 Å². The summed E-state index contributed by atoms with van der Waals surface area (Å²) < 4.78 is 38.0. The number of rotatable bonds is 8. The average Bonchev–Trinajstić information content (AvgIpc) is 2.52. The highest BCUT2D eigenvalue weighted by Crippen LogP contribution is 2.23. The molecule has 0 aliphatic carbocycles. The van der Waals surface area contributed by atoms with E-state index in [1.807, 2.05) is 0 Å². The molecule has 0 aliphatic heterocycles. The van der Waals surface area contributed by atoms with Gasteiger partial charge in [0.15, 0.2) is 11.6 Å². The van der Waals surface area contributed by atoms with Gasteiger partial charge in [-0.1, -0.05) is 17.7 Å². The van der Waals surface area contributed by atoms with Gasteiger partial charge in [-0.25, -0.2) is 8.78 Å². The molecular formula is C17H16ClF2NO3. The molecule has 0 unspecified atom stereocenters. The first-order valence-corrected chi connectivity index (χ1v) is 7.66. The van der Waals surface area contributed by atoms with Crippen LogP contribution in [0.5, 0.6) is 11.5 Å². The predicted octanol–water partition coefficient (Wildman–Crippen LogP) is 3.96. The molecule has 24 heavy (non-hydrogen) atoms. The van der Waals surface area contributed by atoms with Crippen molar-refractivity contribution in [1.29, 1.82) is 0 Å². The second-order valence-electron chi connectivity index (χ2n) is 4.96. The number of amides is 1. The van der Waals surface area contributed by atoms with Crippen molar-refractivity contribution in [2.75, 3.05) is 13.2 Å². The number of hydrogen-bond acceptors (Lipinski definition) is 3. The molecular weight excluding hydrogens is 340 g/mol. The molecule has 4 nitrogen and oxygen atoms in total. The van der Waals surface area contributed by atoms with Crippen LogP contribution in [-0.4, -0.2) is 19.1 Å². The Labute approximate surface area is 143 Å². The summed E-state index contributed by atoms with van der Waals surface area (Å²) in [6.07, 6.45) is 1.25. The third kappa shape index (κ3) is 4.83. The van der Waals surface area contributed by atoms with Crippen LogP contribution in [-0.2, 0) is 0 Å². The van der Waals surface area contributed by atoms with Crippen molar-refractivity contribution in [2.24, 2.45) is 5.73 Å². The number of unbranched alkanes of at least 4 members (excludes halogenated alkanes) is 1. The van der Waals surface area contributed by atoms with Gasteiger partial charge in [-0.2, -0.15) is 0 Å². The fraction of sp³-hybridized carbons (Fsp3) is 0.235. The van der Waals surface area contributed by atoms with Gasteiger partial charge in [0.25, 0.3) is 5.91 Å². The molecule has 0 aromatic heterocycles. The van der Waals surface area contributed by atoms with Crippen LogP contribution in [0.2, 0.25) is 5.02 Å². The van der Waals surface area contributed by atoms with E-state index >= 15 is 0 Å². The number of halogens is 3. The number of carbonyl (C=O) groups excluding carboxylic acids is 1. The molecule has 0 aliphatic rings. The second-order valence-corrected chi connectivity index (χ2v) is 5.40. The van der Waals surface area contributed by atoms with Crippen LogP contribution in [0.4, 0.5) is 8.78 Å². The van der Waals surface area contributed by atoms with Gasteiger partial charge in [-0.05, 0) is 43.2 Å². The van der Waals surface area contributed by atoms with E-state index in [0.717, 1.165) is 12.1 Å². The molecule has 2 N–H and O–H groups in total. The van der Waals surface area contributed by atoms with E-state index in [1.165, 1.54) is 0 Å². The maximum atomic E-state index is 13.9. The molecule has 0 heterocycles. The molecule has 2 aromatic rings. The van der Waals surface area contributed by atoms with Crippen LogP contribution < -0.4 is 15.2 Å². The molecule has 2 aromatic carbocycles. The van der Waals surface area contributed by atoms with Gasteiger partial charge in [0.05, 0.1) is 13.2 Å². The highest BCUT2D eigenvalue weighted by atomic mass is 35.5. The molecule has 7 heteroatoms.